The van der Waals surface area contributed by atoms with Crippen molar-refractivity contribution in [3.63, 3.8) is 0 Å². The highest BCUT2D eigenvalue weighted by molar-refractivity contribution is 6.00. The minimum Gasteiger partial charge on any atom is -0.480 e. The van der Waals surface area contributed by atoms with Crippen LogP contribution in [-0.4, -0.2) is 35.0 Å². The van der Waals surface area contributed by atoms with Crippen LogP contribution in [0.1, 0.15) is 17.3 Å². The number of aliphatic carboxylic acids is 1. The summed E-state index contributed by atoms with van der Waals surface area (Å²) in [4.78, 5) is 23.5. The fourth-order valence-electron chi connectivity index (χ4n) is 1.37. The fraction of sp³-hybridized carbons (Fsp3) is 0.273. The van der Waals surface area contributed by atoms with E-state index in [2.05, 4.69) is 0 Å². The normalized spacial score (nSPS) is 10.0. The minimum atomic E-state index is -1.13. The summed E-state index contributed by atoms with van der Waals surface area (Å²) in [6.45, 7) is 1.41. The maximum absolute atomic E-state index is 13.0. The Balaban J connectivity index is 3.01. The molecule has 5 nitrogen and oxygen atoms in total. The van der Waals surface area contributed by atoms with E-state index in [9.17, 15) is 14.0 Å². The van der Waals surface area contributed by atoms with Crippen LogP contribution in [-0.2, 0) is 4.79 Å². The van der Waals surface area contributed by atoms with Gasteiger partial charge in [0.05, 0.1) is 5.56 Å². The molecule has 0 aliphatic heterocycles. The zero-order valence-electron chi connectivity index (χ0n) is 9.31. The van der Waals surface area contributed by atoms with Crippen LogP contribution in [0.25, 0.3) is 0 Å². The predicted molar refractivity (Wildman–Crippen MR) is 60.0 cm³/mol. The van der Waals surface area contributed by atoms with E-state index in [1.54, 1.807) is 6.92 Å². The number of nitrogen functional groups attached to an aromatic ring is 1. The second-order valence-electron chi connectivity index (χ2n) is 3.44. The van der Waals surface area contributed by atoms with Gasteiger partial charge in [-0.3, -0.25) is 9.59 Å². The number of anilines is 1. The molecule has 1 rings (SSSR count). The third kappa shape index (κ3) is 3.17. The molecule has 0 spiro atoms. The second kappa shape index (κ2) is 5.29. The topological polar surface area (TPSA) is 83.6 Å². The molecule has 1 amide bonds. The Bertz CT molecular complexity index is 448. The number of nitrogens with two attached hydrogens (primary N) is 1. The fourth-order valence-corrected chi connectivity index (χ4v) is 1.37. The molecule has 0 heterocycles. The Labute approximate surface area is 97.6 Å². The molecule has 0 atom stereocenters. The van der Waals surface area contributed by atoms with Crippen LogP contribution in [0, 0.1) is 5.82 Å². The molecule has 0 saturated heterocycles. The number of nitrogens with zero attached hydrogens (tertiary/aromatic N) is 1. The number of carbonyl (C=O) groups excluding carboxylic acids is 1. The average molecular weight is 240 g/mol. The van der Waals surface area contributed by atoms with Crippen molar-refractivity contribution in [3.8, 4) is 0 Å². The van der Waals surface area contributed by atoms with Crippen LogP contribution in [0.5, 0.6) is 0 Å². The Hall–Kier alpha value is -2.11. The zero-order valence-corrected chi connectivity index (χ0v) is 9.31. The highest BCUT2D eigenvalue weighted by Crippen LogP contribution is 2.15. The van der Waals surface area contributed by atoms with Gasteiger partial charge >= 0.3 is 5.97 Å². The number of carboxylic acids is 1. The van der Waals surface area contributed by atoms with Crippen LogP contribution >= 0.6 is 0 Å². The molecular weight excluding hydrogens is 227 g/mol. The number of carbonyl (C=O) groups is 2. The van der Waals surface area contributed by atoms with Gasteiger partial charge in [0.1, 0.15) is 12.4 Å². The van der Waals surface area contributed by atoms with E-state index < -0.39 is 24.2 Å². The van der Waals surface area contributed by atoms with E-state index in [0.29, 0.717) is 0 Å². The molecule has 0 aliphatic rings. The minimum absolute atomic E-state index is 0.0203. The summed E-state index contributed by atoms with van der Waals surface area (Å²) in [7, 11) is 0. The van der Waals surface area contributed by atoms with Gasteiger partial charge in [-0.05, 0) is 25.1 Å². The van der Waals surface area contributed by atoms with Crippen molar-refractivity contribution in [2.24, 2.45) is 0 Å². The zero-order chi connectivity index (χ0) is 13.0. The van der Waals surface area contributed by atoms with Crippen molar-refractivity contribution in [3.05, 3.63) is 29.6 Å². The van der Waals surface area contributed by atoms with Crippen LogP contribution in [0.2, 0.25) is 0 Å². The number of hydrogen-bond donors (Lipinski definition) is 2. The summed E-state index contributed by atoms with van der Waals surface area (Å²) in [6, 6.07) is 3.42. The number of rotatable bonds is 4. The predicted octanol–water partition coefficient (Wildman–Crippen LogP) is 0.955. The lowest BCUT2D eigenvalue weighted by molar-refractivity contribution is -0.137. The molecule has 92 valence electrons. The number of likely N-dealkylation sites (N-methyl/N-ethyl adjacent to an activating group) is 1. The molecule has 1 aromatic carbocycles. The van der Waals surface area contributed by atoms with Gasteiger partial charge in [0, 0.05) is 12.2 Å². The molecule has 0 fully saturated rings. The third-order valence-corrected chi connectivity index (χ3v) is 2.24. The summed E-state index contributed by atoms with van der Waals surface area (Å²) in [5, 5.41) is 8.64. The summed E-state index contributed by atoms with van der Waals surface area (Å²) < 4.78 is 13.0. The molecule has 1 aromatic rings. The first-order valence-electron chi connectivity index (χ1n) is 5.01. The van der Waals surface area contributed by atoms with E-state index >= 15 is 0 Å². The molecular formula is C11H13FN2O3. The van der Waals surface area contributed by atoms with E-state index in [1.807, 2.05) is 0 Å². The molecule has 0 radical (unpaired) electrons. The van der Waals surface area contributed by atoms with Gasteiger partial charge in [-0.15, -0.1) is 0 Å². The lowest BCUT2D eigenvalue weighted by Gasteiger charge is -2.19. The van der Waals surface area contributed by atoms with Crippen molar-refractivity contribution >= 4 is 17.6 Å². The number of amides is 1. The lowest BCUT2D eigenvalue weighted by atomic mass is 10.1. The summed E-state index contributed by atoms with van der Waals surface area (Å²) >= 11 is 0. The van der Waals surface area contributed by atoms with E-state index in [1.165, 1.54) is 6.07 Å². The van der Waals surface area contributed by atoms with Crippen LogP contribution < -0.4 is 5.73 Å². The highest BCUT2D eigenvalue weighted by atomic mass is 19.1. The van der Waals surface area contributed by atoms with Crippen molar-refractivity contribution in [2.75, 3.05) is 18.8 Å². The average Bonchev–Trinajstić information content (AvgIpc) is 2.28. The lowest BCUT2D eigenvalue weighted by Crippen LogP contribution is -2.35. The van der Waals surface area contributed by atoms with Gasteiger partial charge in [-0.1, -0.05) is 0 Å². The Morgan fingerprint density at radius 1 is 1.47 bits per heavy atom. The molecule has 3 N–H and O–H groups in total. The quantitative estimate of drug-likeness (QED) is 0.767. The Kier molecular flexibility index (Phi) is 4.03. The smallest absolute Gasteiger partial charge is 0.323 e. The van der Waals surface area contributed by atoms with Gasteiger partial charge in [-0.2, -0.15) is 0 Å². The van der Waals surface area contributed by atoms with Gasteiger partial charge in [0.25, 0.3) is 5.91 Å². The highest BCUT2D eigenvalue weighted by Gasteiger charge is 2.19. The number of halogens is 1. The molecule has 0 saturated carbocycles. The second-order valence-corrected chi connectivity index (χ2v) is 3.44. The largest absolute Gasteiger partial charge is 0.480 e. The summed E-state index contributed by atoms with van der Waals surface area (Å²) in [5.74, 6) is -2.31. The molecule has 6 heteroatoms. The molecule has 0 aliphatic carbocycles. The molecule has 17 heavy (non-hydrogen) atoms. The molecule has 0 unspecified atom stereocenters. The van der Waals surface area contributed by atoms with Crippen LogP contribution in [0.4, 0.5) is 10.1 Å². The van der Waals surface area contributed by atoms with E-state index in [0.717, 1.165) is 17.0 Å². The van der Waals surface area contributed by atoms with Crippen LogP contribution in [0.15, 0.2) is 18.2 Å². The van der Waals surface area contributed by atoms with Crippen molar-refractivity contribution < 1.29 is 19.1 Å². The first-order valence-corrected chi connectivity index (χ1v) is 5.01. The van der Waals surface area contributed by atoms with Gasteiger partial charge in [0.2, 0.25) is 0 Å². The van der Waals surface area contributed by atoms with Crippen molar-refractivity contribution in [2.45, 2.75) is 6.92 Å². The maximum Gasteiger partial charge on any atom is 0.323 e. The molecule has 0 bridgehead atoms. The van der Waals surface area contributed by atoms with Gasteiger partial charge in [-0.25, -0.2) is 4.39 Å². The summed E-state index contributed by atoms with van der Waals surface area (Å²) in [6.07, 6.45) is 0. The standard InChI is InChI=1S/C11H13FN2O3/c1-2-14(6-10(15)16)11(17)8-5-7(12)3-4-9(8)13/h3-5H,2,6,13H2,1H3,(H,15,16). The van der Waals surface area contributed by atoms with Crippen molar-refractivity contribution in [1.82, 2.24) is 4.90 Å². The van der Waals surface area contributed by atoms with Gasteiger partial charge in [0.15, 0.2) is 0 Å². The number of carboxylic acid groups (broad SMARTS) is 1. The SMILES string of the molecule is CCN(CC(=O)O)C(=O)c1cc(F)ccc1N. The first-order chi connectivity index (χ1) is 7.95. The number of benzene rings is 1. The first kappa shape index (κ1) is 13.0. The van der Waals surface area contributed by atoms with E-state index in [4.69, 9.17) is 10.8 Å². The molecule has 0 aromatic heterocycles. The Morgan fingerprint density at radius 3 is 2.65 bits per heavy atom. The number of hydrogen-bond acceptors (Lipinski definition) is 3. The van der Waals surface area contributed by atoms with Crippen molar-refractivity contribution in [1.29, 1.82) is 0 Å². The third-order valence-electron chi connectivity index (χ3n) is 2.24. The maximum atomic E-state index is 13.0. The van der Waals surface area contributed by atoms with Crippen LogP contribution in [0.3, 0.4) is 0 Å². The summed E-state index contributed by atoms with van der Waals surface area (Å²) in [5.41, 5.74) is 5.66. The monoisotopic (exact) mass is 240 g/mol. The van der Waals surface area contributed by atoms with E-state index in [-0.39, 0.29) is 17.8 Å². The Morgan fingerprint density at radius 2 is 2.12 bits per heavy atom. The van der Waals surface area contributed by atoms with Gasteiger partial charge < -0.3 is 15.7 Å².